The third kappa shape index (κ3) is 4.99. The molecule has 0 unspecified atom stereocenters. The molecule has 0 fully saturated rings. The van der Waals surface area contributed by atoms with Crippen LogP contribution < -0.4 is 16.4 Å². The van der Waals surface area contributed by atoms with Crippen molar-refractivity contribution in [1.29, 1.82) is 0 Å². The lowest BCUT2D eigenvalue weighted by atomic mass is 9.94. The summed E-state index contributed by atoms with van der Waals surface area (Å²) < 4.78 is 0. The molecular weight excluding hydrogens is 214 g/mol. The van der Waals surface area contributed by atoms with E-state index in [-0.39, 0.29) is 5.41 Å². The van der Waals surface area contributed by atoms with E-state index in [1.807, 2.05) is 6.07 Å². The second-order valence-electron chi connectivity index (χ2n) is 5.31. The fourth-order valence-corrected chi connectivity index (χ4v) is 1.23. The van der Waals surface area contributed by atoms with E-state index >= 15 is 0 Å². The van der Waals surface area contributed by atoms with E-state index in [4.69, 9.17) is 5.73 Å². The number of nitrogens with one attached hydrogen (secondary N) is 2. The summed E-state index contributed by atoms with van der Waals surface area (Å²) in [5.74, 6) is 1.66. The minimum Gasteiger partial charge on any atom is -0.369 e. The Balaban J connectivity index is 2.60. The second-order valence-corrected chi connectivity index (χ2v) is 5.31. The van der Waals surface area contributed by atoms with Crippen LogP contribution in [-0.2, 0) is 0 Å². The van der Waals surface area contributed by atoms with E-state index < -0.39 is 0 Å². The molecule has 0 radical (unpaired) electrons. The van der Waals surface area contributed by atoms with Crippen molar-refractivity contribution in [2.75, 3.05) is 23.7 Å². The van der Waals surface area contributed by atoms with Gasteiger partial charge in [-0.15, -0.1) is 0 Å². The molecule has 0 aliphatic carbocycles. The molecule has 1 heterocycles. The molecule has 0 aliphatic heterocycles. The lowest BCUT2D eigenvalue weighted by Gasteiger charge is -2.23. The molecule has 5 heteroatoms. The topological polar surface area (TPSA) is 75.9 Å². The van der Waals surface area contributed by atoms with Crippen molar-refractivity contribution < 1.29 is 0 Å². The zero-order chi connectivity index (χ0) is 12.9. The SMILES string of the molecule is CC(C)Nc1cc(NCC(C)(C)CN)ncn1. The Labute approximate surface area is 103 Å². The predicted molar refractivity (Wildman–Crippen MR) is 72.1 cm³/mol. The summed E-state index contributed by atoms with van der Waals surface area (Å²) in [6.45, 7) is 9.83. The summed E-state index contributed by atoms with van der Waals surface area (Å²) in [5.41, 5.74) is 5.75. The van der Waals surface area contributed by atoms with Crippen LogP contribution in [0.25, 0.3) is 0 Å². The Bertz CT molecular complexity index is 349. The average molecular weight is 237 g/mol. The maximum Gasteiger partial charge on any atom is 0.131 e. The van der Waals surface area contributed by atoms with Gasteiger partial charge in [0.2, 0.25) is 0 Å². The molecule has 0 bridgehead atoms. The van der Waals surface area contributed by atoms with Crippen LogP contribution in [0.3, 0.4) is 0 Å². The van der Waals surface area contributed by atoms with Crippen LogP contribution >= 0.6 is 0 Å². The normalized spacial score (nSPS) is 11.6. The fraction of sp³-hybridized carbons (Fsp3) is 0.667. The van der Waals surface area contributed by atoms with Crippen molar-refractivity contribution in [2.45, 2.75) is 33.7 Å². The van der Waals surface area contributed by atoms with Crippen LogP contribution in [0.2, 0.25) is 0 Å². The lowest BCUT2D eigenvalue weighted by molar-refractivity contribution is 0.405. The minimum absolute atomic E-state index is 0.0661. The van der Waals surface area contributed by atoms with Crippen molar-refractivity contribution in [3.05, 3.63) is 12.4 Å². The molecule has 4 N–H and O–H groups in total. The van der Waals surface area contributed by atoms with E-state index in [1.54, 1.807) is 6.33 Å². The van der Waals surface area contributed by atoms with E-state index in [9.17, 15) is 0 Å². The van der Waals surface area contributed by atoms with Gasteiger partial charge in [-0.1, -0.05) is 13.8 Å². The van der Waals surface area contributed by atoms with Gasteiger partial charge in [0.1, 0.15) is 18.0 Å². The summed E-state index contributed by atoms with van der Waals surface area (Å²) in [7, 11) is 0. The smallest absolute Gasteiger partial charge is 0.131 e. The summed E-state index contributed by atoms with van der Waals surface area (Å²) in [6, 6.07) is 2.27. The maximum absolute atomic E-state index is 5.68. The number of rotatable bonds is 6. The van der Waals surface area contributed by atoms with E-state index in [2.05, 4.69) is 48.3 Å². The van der Waals surface area contributed by atoms with Crippen LogP contribution in [0, 0.1) is 5.41 Å². The molecular formula is C12H23N5. The number of hydrogen-bond acceptors (Lipinski definition) is 5. The first kappa shape index (κ1) is 13.7. The highest BCUT2D eigenvalue weighted by molar-refractivity contribution is 5.46. The van der Waals surface area contributed by atoms with Crippen molar-refractivity contribution in [2.24, 2.45) is 11.1 Å². The quantitative estimate of drug-likeness (QED) is 0.702. The van der Waals surface area contributed by atoms with Gasteiger partial charge in [-0.3, -0.25) is 0 Å². The molecule has 1 rings (SSSR count). The second kappa shape index (κ2) is 5.82. The van der Waals surface area contributed by atoms with Crippen molar-refractivity contribution in [1.82, 2.24) is 9.97 Å². The highest BCUT2D eigenvalue weighted by Crippen LogP contribution is 2.15. The monoisotopic (exact) mass is 237 g/mol. The summed E-state index contributed by atoms with van der Waals surface area (Å²) >= 11 is 0. The minimum atomic E-state index is 0.0661. The van der Waals surface area contributed by atoms with Crippen LogP contribution in [0.5, 0.6) is 0 Å². The molecule has 5 nitrogen and oxygen atoms in total. The summed E-state index contributed by atoms with van der Waals surface area (Å²) in [4.78, 5) is 8.34. The molecule has 96 valence electrons. The highest BCUT2D eigenvalue weighted by Gasteiger charge is 2.15. The Morgan fingerprint density at radius 1 is 1.29 bits per heavy atom. The molecule has 0 aromatic carbocycles. The first-order valence-electron chi connectivity index (χ1n) is 5.95. The molecule has 0 saturated carbocycles. The van der Waals surface area contributed by atoms with Crippen LogP contribution in [0.1, 0.15) is 27.7 Å². The molecule has 0 aliphatic rings. The first-order chi connectivity index (χ1) is 7.93. The van der Waals surface area contributed by atoms with Gasteiger partial charge in [-0.05, 0) is 25.8 Å². The largest absolute Gasteiger partial charge is 0.369 e. The molecule has 1 aromatic rings. The highest BCUT2D eigenvalue weighted by atomic mass is 15.1. The number of nitrogens with two attached hydrogens (primary N) is 1. The van der Waals surface area contributed by atoms with Crippen LogP contribution in [0.15, 0.2) is 12.4 Å². The van der Waals surface area contributed by atoms with Crippen molar-refractivity contribution >= 4 is 11.6 Å². The van der Waals surface area contributed by atoms with Gasteiger partial charge in [0, 0.05) is 18.7 Å². The molecule has 0 amide bonds. The molecule has 1 aromatic heterocycles. The third-order valence-electron chi connectivity index (χ3n) is 2.40. The first-order valence-corrected chi connectivity index (χ1v) is 5.95. The van der Waals surface area contributed by atoms with Gasteiger partial charge >= 0.3 is 0 Å². The Hall–Kier alpha value is -1.36. The number of hydrogen-bond donors (Lipinski definition) is 3. The molecule has 17 heavy (non-hydrogen) atoms. The number of nitrogens with zero attached hydrogens (tertiary/aromatic N) is 2. The van der Waals surface area contributed by atoms with Crippen LogP contribution in [0.4, 0.5) is 11.6 Å². The lowest BCUT2D eigenvalue weighted by Crippen LogP contribution is -2.31. The van der Waals surface area contributed by atoms with Gasteiger partial charge < -0.3 is 16.4 Å². The van der Waals surface area contributed by atoms with Gasteiger partial charge in [-0.2, -0.15) is 0 Å². The molecule has 0 saturated heterocycles. The Morgan fingerprint density at radius 2 is 1.94 bits per heavy atom. The van der Waals surface area contributed by atoms with E-state index in [0.717, 1.165) is 18.2 Å². The number of aromatic nitrogens is 2. The summed E-state index contributed by atoms with van der Waals surface area (Å²) in [6.07, 6.45) is 1.56. The maximum atomic E-state index is 5.68. The van der Waals surface area contributed by atoms with Gasteiger partial charge in [0.05, 0.1) is 0 Å². The zero-order valence-corrected chi connectivity index (χ0v) is 11.1. The van der Waals surface area contributed by atoms with Crippen LogP contribution in [-0.4, -0.2) is 29.1 Å². The molecule has 0 atom stereocenters. The Kier molecular flexibility index (Phi) is 4.69. The predicted octanol–water partition coefficient (Wildman–Crippen LogP) is 1.69. The van der Waals surface area contributed by atoms with Gasteiger partial charge in [-0.25, -0.2) is 9.97 Å². The van der Waals surface area contributed by atoms with Gasteiger partial charge in [0.15, 0.2) is 0 Å². The van der Waals surface area contributed by atoms with Gasteiger partial charge in [0.25, 0.3) is 0 Å². The average Bonchev–Trinajstić information content (AvgIpc) is 2.26. The fourth-order valence-electron chi connectivity index (χ4n) is 1.23. The van der Waals surface area contributed by atoms with Crippen molar-refractivity contribution in [3.63, 3.8) is 0 Å². The molecule has 0 spiro atoms. The standard InChI is InChI=1S/C12H23N5/c1-9(2)17-11-5-10(15-8-16-11)14-7-12(3,4)6-13/h5,8-9H,6-7,13H2,1-4H3,(H2,14,15,16,17). The Morgan fingerprint density at radius 3 is 2.53 bits per heavy atom. The summed E-state index contributed by atoms with van der Waals surface area (Å²) in [5, 5.41) is 6.52. The van der Waals surface area contributed by atoms with E-state index in [0.29, 0.717) is 12.6 Å². The van der Waals surface area contributed by atoms with Crippen molar-refractivity contribution in [3.8, 4) is 0 Å². The zero-order valence-electron chi connectivity index (χ0n) is 11.1. The number of anilines is 2. The van der Waals surface area contributed by atoms with E-state index in [1.165, 1.54) is 0 Å². The third-order valence-corrected chi connectivity index (χ3v) is 2.40.